The summed E-state index contributed by atoms with van der Waals surface area (Å²) >= 11 is 1.71. The number of likely N-dealkylation sites (N-methyl/N-ethyl adjacent to an activating group) is 1. The zero-order chi connectivity index (χ0) is 14.8. The summed E-state index contributed by atoms with van der Waals surface area (Å²) in [5.74, 6) is 0. The number of aromatic nitrogens is 2. The van der Waals surface area contributed by atoms with Crippen molar-refractivity contribution in [2.24, 2.45) is 0 Å². The maximum absolute atomic E-state index is 4.56. The summed E-state index contributed by atoms with van der Waals surface area (Å²) in [4.78, 5) is 9.12. The minimum absolute atomic E-state index is 0.275. The van der Waals surface area contributed by atoms with Crippen molar-refractivity contribution in [3.63, 3.8) is 0 Å². The van der Waals surface area contributed by atoms with Crippen LogP contribution in [0.4, 0.5) is 0 Å². The van der Waals surface area contributed by atoms with Gasteiger partial charge in [0.15, 0.2) is 0 Å². The minimum Gasteiger partial charge on any atom is -0.313 e. The van der Waals surface area contributed by atoms with Gasteiger partial charge in [0.05, 0.1) is 16.2 Å². The third kappa shape index (κ3) is 3.12. The van der Waals surface area contributed by atoms with E-state index in [1.54, 1.807) is 11.3 Å². The van der Waals surface area contributed by atoms with Gasteiger partial charge in [-0.15, -0.1) is 11.3 Å². The van der Waals surface area contributed by atoms with Gasteiger partial charge in [-0.3, -0.25) is 4.98 Å². The van der Waals surface area contributed by atoms with Crippen molar-refractivity contribution in [2.45, 2.75) is 26.3 Å². The maximum Gasteiger partial charge on any atom is 0.0897 e. The third-order valence-corrected chi connectivity index (χ3v) is 4.51. The zero-order valence-corrected chi connectivity index (χ0v) is 13.4. The first-order valence-corrected chi connectivity index (χ1v) is 7.99. The molecule has 0 aliphatic rings. The summed E-state index contributed by atoms with van der Waals surface area (Å²) in [7, 11) is 2.00. The van der Waals surface area contributed by atoms with E-state index in [0.717, 1.165) is 28.3 Å². The Bertz CT molecular complexity index is 764. The molecule has 3 rings (SSSR count). The second-order valence-electron chi connectivity index (χ2n) is 5.31. The molecule has 0 bridgehead atoms. The molecule has 1 atom stereocenters. The van der Waals surface area contributed by atoms with Crippen LogP contribution in [0.5, 0.6) is 0 Å². The molecule has 0 saturated heterocycles. The topological polar surface area (TPSA) is 37.8 Å². The Kier molecular flexibility index (Phi) is 3.99. The van der Waals surface area contributed by atoms with Crippen LogP contribution in [0.15, 0.2) is 35.7 Å². The molecule has 1 unspecified atom stereocenters. The number of benzene rings is 1. The monoisotopic (exact) mass is 297 g/mol. The summed E-state index contributed by atoms with van der Waals surface area (Å²) in [6, 6.07) is 11.0. The van der Waals surface area contributed by atoms with E-state index >= 15 is 0 Å². The molecule has 3 nitrogen and oxygen atoms in total. The fraction of sp³-hybridized carbons (Fsp3) is 0.294. The van der Waals surface area contributed by atoms with Crippen LogP contribution in [0.1, 0.15) is 28.0 Å². The van der Waals surface area contributed by atoms with Gasteiger partial charge in [-0.25, -0.2) is 4.98 Å². The minimum atomic E-state index is 0.275. The summed E-state index contributed by atoms with van der Waals surface area (Å²) in [5.41, 5.74) is 4.54. The van der Waals surface area contributed by atoms with Gasteiger partial charge in [-0.05, 0) is 44.7 Å². The SMILES string of the molecule is CNC(Cc1csc(C)n1)c1ccc2nc(C)ccc2c1. The smallest absolute Gasteiger partial charge is 0.0897 e. The van der Waals surface area contributed by atoms with Crippen LogP contribution in [0, 0.1) is 13.8 Å². The first kappa shape index (κ1) is 14.2. The number of fused-ring (bicyclic) bond motifs is 1. The average molecular weight is 297 g/mol. The highest BCUT2D eigenvalue weighted by Crippen LogP contribution is 2.23. The van der Waals surface area contributed by atoms with Gasteiger partial charge < -0.3 is 5.32 Å². The van der Waals surface area contributed by atoms with Crippen molar-refractivity contribution < 1.29 is 0 Å². The Hall–Kier alpha value is -1.78. The number of hydrogen-bond acceptors (Lipinski definition) is 4. The summed E-state index contributed by atoms with van der Waals surface area (Å²) in [6.07, 6.45) is 0.908. The second-order valence-corrected chi connectivity index (χ2v) is 6.37. The van der Waals surface area contributed by atoms with Crippen molar-refractivity contribution in [2.75, 3.05) is 7.05 Å². The van der Waals surface area contributed by atoms with E-state index in [9.17, 15) is 0 Å². The number of rotatable bonds is 4. The number of nitrogens with zero attached hydrogens (tertiary/aromatic N) is 2. The van der Waals surface area contributed by atoms with Gasteiger partial charge >= 0.3 is 0 Å². The number of thiazole rings is 1. The van der Waals surface area contributed by atoms with E-state index in [0.29, 0.717) is 0 Å². The highest BCUT2D eigenvalue weighted by molar-refractivity contribution is 7.09. The van der Waals surface area contributed by atoms with E-state index in [-0.39, 0.29) is 6.04 Å². The first-order chi connectivity index (χ1) is 10.2. The normalized spacial score (nSPS) is 12.7. The molecule has 2 aromatic heterocycles. The van der Waals surface area contributed by atoms with Crippen molar-refractivity contribution in [3.8, 4) is 0 Å². The van der Waals surface area contributed by atoms with Crippen molar-refractivity contribution in [1.29, 1.82) is 0 Å². The number of aryl methyl sites for hydroxylation is 2. The quantitative estimate of drug-likeness (QED) is 0.795. The molecule has 21 heavy (non-hydrogen) atoms. The molecule has 0 aliphatic carbocycles. The number of nitrogens with one attached hydrogen (secondary N) is 1. The standard InChI is InChI=1S/C17H19N3S/c1-11-4-5-13-8-14(6-7-16(13)19-11)17(18-3)9-15-10-21-12(2)20-15/h4-8,10,17-18H,9H2,1-3H3. The van der Waals surface area contributed by atoms with Crippen molar-refractivity contribution in [1.82, 2.24) is 15.3 Å². The molecule has 0 fully saturated rings. The molecule has 0 aliphatic heterocycles. The van der Waals surface area contributed by atoms with E-state index in [2.05, 4.69) is 51.0 Å². The highest BCUT2D eigenvalue weighted by atomic mass is 32.1. The van der Waals surface area contributed by atoms with Gasteiger partial charge in [0.2, 0.25) is 0 Å². The van der Waals surface area contributed by atoms with Crippen LogP contribution in [0.3, 0.4) is 0 Å². The average Bonchev–Trinajstić information content (AvgIpc) is 2.89. The summed E-state index contributed by atoms with van der Waals surface area (Å²) in [5, 5.41) is 7.85. The van der Waals surface area contributed by atoms with E-state index in [1.807, 2.05) is 20.9 Å². The van der Waals surface area contributed by atoms with Crippen LogP contribution in [0.25, 0.3) is 10.9 Å². The van der Waals surface area contributed by atoms with E-state index in [4.69, 9.17) is 0 Å². The maximum atomic E-state index is 4.56. The number of pyridine rings is 1. The molecule has 3 aromatic rings. The largest absolute Gasteiger partial charge is 0.313 e. The lowest BCUT2D eigenvalue weighted by Gasteiger charge is -2.16. The summed E-state index contributed by atoms with van der Waals surface area (Å²) < 4.78 is 0. The molecule has 1 N–H and O–H groups in total. The molecular formula is C17H19N3S. The van der Waals surface area contributed by atoms with Crippen LogP contribution >= 0.6 is 11.3 Å². The van der Waals surface area contributed by atoms with Gasteiger partial charge in [-0.2, -0.15) is 0 Å². The van der Waals surface area contributed by atoms with Crippen LogP contribution < -0.4 is 5.32 Å². The number of hydrogen-bond donors (Lipinski definition) is 1. The van der Waals surface area contributed by atoms with Gasteiger partial charge in [0.25, 0.3) is 0 Å². The predicted octanol–water partition coefficient (Wildman–Crippen LogP) is 3.81. The lowest BCUT2D eigenvalue weighted by molar-refractivity contribution is 0.586. The zero-order valence-electron chi connectivity index (χ0n) is 12.6. The highest BCUT2D eigenvalue weighted by Gasteiger charge is 2.12. The summed E-state index contributed by atoms with van der Waals surface area (Å²) in [6.45, 7) is 4.07. The van der Waals surface area contributed by atoms with Gasteiger partial charge in [0.1, 0.15) is 0 Å². The van der Waals surface area contributed by atoms with E-state index in [1.165, 1.54) is 10.9 Å². The fourth-order valence-electron chi connectivity index (χ4n) is 2.56. The van der Waals surface area contributed by atoms with E-state index < -0.39 is 0 Å². The molecule has 0 spiro atoms. The van der Waals surface area contributed by atoms with Crippen LogP contribution in [0.2, 0.25) is 0 Å². The second kappa shape index (κ2) is 5.92. The Morgan fingerprint density at radius 1 is 1.14 bits per heavy atom. The molecular weight excluding hydrogens is 278 g/mol. The first-order valence-electron chi connectivity index (χ1n) is 7.11. The molecule has 0 amide bonds. The Labute approximate surface area is 129 Å². The van der Waals surface area contributed by atoms with Gasteiger partial charge in [-0.1, -0.05) is 12.1 Å². The molecule has 4 heteroatoms. The Morgan fingerprint density at radius 3 is 2.71 bits per heavy atom. The third-order valence-electron chi connectivity index (χ3n) is 3.68. The van der Waals surface area contributed by atoms with Crippen LogP contribution in [-0.4, -0.2) is 17.0 Å². The molecule has 2 heterocycles. The molecule has 1 aromatic carbocycles. The lowest BCUT2D eigenvalue weighted by atomic mass is 10.0. The van der Waals surface area contributed by atoms with Crippen LogP contribution in [-0.2, 0) is 6.42 Å². The fourth-order valence-corrected chi connectivity index (χ4v) is 3.19. The predicted molar refractivity (Wildman–Crippen MR) is 88.8 cm³/mol. The molecule has 0 radical (unpaired) electrons. The van der Waals surface area contributed by atoms with Crippen molar-refractivity contribution >= 4 is 22.2 Å². The van der Waals surface area contributed by atoms with Crippen molar-refractivity contribution in [3.05, 3.63) is 57.7 Å². The lowest BCUT2D eigenvalue weighted by Crippen LogP contribution is -2.19. The van der Waals surface area contributed by atoms with Gasteiger partial charge in [0, 0.05) is 28.9 Å². The Morgan fingerprint density at radius 2 is 2.00 bits per heavy atom. The molecule has 0 saturated carbocycles. The Balaban J connectivity index is 1.91. The molecule has 108 valence electrons.